The Morgan fingerprint density at radius 1 is 1.12 bits per heavy atom. The van der Waals surface area contributed by atoms with Crippen molar-refractivity contribution in [2.24, 2.45) is 10.8 Å². The Labute approximate surface area is 102 Å². The van der Waals surface area contributed by atoms with E-state index in [-0.39, 0.29) is 10.8 Å². The van der Waals surface area contributed by atoms with Crippen LogP contribution < -0.4 is 0 Å². The average molecular weight is 239 g/mol. The predicted octanol–water partition coefficient (Wildman–Crippen LogP) is 1.05. The minimum atomic E-state index is -0.273. The van der Waals surface area contributed by atoms with Crippen LogP contribution in [0.1, 0.15) is 26.2 Å². The Morgan fingerprint density at radius 2 is 1.88 bits per heavy atom. The first-order chi connectivity index (χ1) is 8.14. The Balaban J connectivity index is 1.68. The smallest absolute Gasteiger partial charge is 0.230 e. The highest BCUT2D eigenvalue weighted by molar-refractivity contribution is 5.83. The number of hydrogen-bond donors (Lipinski definition) is 0. The van der Waals surface area contributed by atoms with E-state index in [9.17, 15) is 4.79 Å². The molecular formula is C13H21NO3. The van der Waals surface area contributed by atoms with Crippen molar-refractivity contribution in [3.63, 3.8) is 0 Å². The van der Waals surface area contributed by atoms with Gasteiger partial charge < -0.3 is 14.4 Å². The van der Waals surface area contributed by atoms with Gasteiger partial charge >= 0.3 is 0 Å². The first-order valence-corrected chi connectivity index (χ1v) is 6.59. The topological polar surface area (TPSA) is 38.8 Å². The van der Waals surface area contributed by atoms with Crippen molar-refractivity contribution in [1.82, 2.24) is 4.90 Å². The van der Waals surface area contributed by atoms with Crippen LogP contribution in [0, 0.1) is 10.8 Å². The first kappa shape index (κ1) is 11.5. The molecule has 2 unspecified atom stereocenters. The Morgan fingerprint density at radius 3 is 2.53 bits per heavy atom. The van der Waals surface area contributed by atoms with E-state index in [2.05, 4.69) is 0 Å². The summed E-state index contributed by atoms with van der Waals surface area (Å²) in [5.41, 5.74) is -0.00350. The molecule has 3 saturated heterocycles. The fraction of sp³-hybridized carbons (Fsp3) is 0.923. The summed E-state index contributed by atoms with van der Waals surface area (Å²) in [5.74, 6) is 0.291. The van der Waals surface area contributed by atoms with Crippen molar-refractivity contribution >= 4 is 5.91 Å². The average Bonchev–Trinajstić information content (AvgIpc) is 3.02. The van der Waals surface area contributed by atoms with Crippen molar-refractivity contribution in [3.8, 4) is 0 Å². The van der Waals surface area contributed by atoms with Gasteiger partial charge in [0.15, 0.2) is 0 Å². The van der Waals surface area contributed by atoms with Crippen LogP contribution in [0.3, 0.4) is 0 Å². The molecule has 0 aliphatic carbocycles. The maximum absolute atomic E-state index is 12.5. The van der Waals surface area contributed by atoms with Crippen LogP contribution in [0.5, 0.6) is 0 Å². The maximum atomic E-state index is 12.5. The zero-order chi connectivity index (χ0) is 11.9. The van der Waals surface area contributed by atoms with E-state index in [0.717, 1.165) is 52.2 Å². The van der Waals surface area contributed by atoms with E-state index in [4.69, 9.17) is 9.47 Å². The molecule has 0 N–H and O–H groups in total. The van der Waals surface area contributed by atoms with Gasteiger partial charge in [-0.25, -0.2) is 0 Å². The molecule has 1 spiro atoms. The van der Waals surface area contributed by atoms with Gasteiger partial charge in [0.1, 0.15) is 0 Å². The van der Waals surface area contributed by atoms with Gasteiger partial charge in [-0.3, -0.25) is 4.79 Å². The van der Waals surface area contributed by atoms with Crippen LogP contribution in [-0.4, -0.2) is 50.3 Å². The van der Waals surface area contributed by atoms with Crippen molar-refractivity contribution in [2.45, 2.75) is 26.2 Å². The Bertz CT molecular complexity index is 317. The standard InChI is InChI=1S/C13H21NO3/c1-12(3-6-16-9-12)11(15)14-5-2-13(8-14)4-7-17-10-13/h2-10H2,1H3. The monoisotopic (exact) mass is 239 g/mol. The molecule has 96 valence electrons. The van der Waals surface area contributed by atoms with Crippen LogP contribution in [0.4, 0.5) is 0 Å². The lowest BCUT2D eigenvalue weighted by atomic mass is 9.86. The minimum Gasteiger partial charge on any atom is -0.381 e. The minimum absolute atomic E-state index is 0.269. The SMILES string of the molecule is CC1(C(=O)N2CCC3(CCOC3)C2)CCOC1. The molecule has 4 heteroatoms. The second-order valence-electron chi connectivity index (χ2n) is 6.14. The van der Waals surface area contributed by atoms with Crippen LogP contribution in [-0.2, 0) is 14.3 Å². The van der Waals surface area contributed by atoms with Crippen LogP contribution in [0.25, 0.3) is 0 Å². The lowest BCUT2D eigenvalue weighted by Crippen LogP contribution is -2.42. The number of hydrogen-bond acceptors (Lipinski definition) is 3. The lowest BCUT2D eigenvalue weighted by molar-refractivity contribution is -0.140. The van der Waals surface area contributed by atoms with Crippen molar-refractivity contribution in [2.75, 3.05) is 39.5 Å². The van der Waals surface area contributed by atoms with Gasteiger partial charge in [0.25, 0.3) is 0 Å². The number of ether oxygens (including phenoxy) is 2. The summed E-state index contributed by atoms with van der Waals surface area (Å²) in [6.07, 6.45) is 3.09. The number of nitrogens with zero attached hydrogens (tertiary/aromatic N) is 1. The highest BCUT2D eigenvalue weighted by atomic mass is 16.5. The molecule has 0 saturated carbocycles. The third kappa shape index (κ3) is 1.87. The third-order valence-electron chi connectivity index (χ3n) is 4.65. The highest BCUT2D eigenvalue weighted by Gasteiger charge is 2.47. The lowest BCUT2D eigenvalue weighted by Gasteiger charge is -2.29. The summed E-state index contributed by atoms with van der Waals surface area (Å²) >= 11 is 0. The van der Waals surface area contributed by atoms with E-state index in [0.29, 0.717) is 12.5 Å². The maximum Gasteiger partial charge on any atom is 0.230 e. The van der Waals surface area contributed by atoms with Crippen molar-refractivity contribution in [3.05, 3.63) is 0 Å². The van der Waals surface area contributed by atoms with Gasteiger partial charge in [0.05, 0.1) is 18.6 Å². The van der Waals surface area contributed by atoms with Gasteiger partial charge in [-0.2, -0.15) is 0 Å². The molecule has 0 bridgehead atoms. The largest absolute Gasteiger partial charge is 0.381 e. The molecule has 0 aromatic rings. The summed E-state index contributed by atoms with van der Waals surface area (Å²) < 4.78 is 10.9. The quantitative estimate of drug-likeness (QED) is 0.686. The normalized spacial score (nSPS) is 41.6. The number of carbonyl (C=O) groups is 1. The molecule has 17 heavy (non-hydrogen) atoms. The molecule has 3 fully saturated rings. The zero-order valence-corrected chi connectivity index (χ0v) is 10.5. The van der Waals surface area contributed by atoms with E-state index >= 15 is 0 Å². The molecule has 0 radical (unpaired) electrons. The summed E-state index contributed by atoms with van der Waals surface area (Å²) in [6.45, 7) is 6.85. The number of rotatable bonds is 1. The molecule has 0 aromatic heterocycles. The van der Waals surface area contributed by atoms with Crippen LogP contribution in [0.2, 0.25) is 0 Å². The van der Waals surface area contributed by atoms with Gasteiger partial charge in [0.2, 0.25) is 5.91 Å². The zero-order valence-electron chi connectivity index (χ0n) is 10.5. The number of amides is 1. The first-order valence-electron chi connectivity index (χ1n) is 6.59. The fourth-order valence-electron chi connectivity index (χ4n) is 3.30. The molecule has 3 aliphatic rings. The van der Waals surface area contributed by atoms with Crippen molar-refractivity contribution in [1.29, 1.82) is 0 Å². The fourth-order valence-corrected chi connectivity index (χ4v) is 3.30. The second-order valence-corrected chi connectivity index (χ2v) is 6.14. The summed E-state index contributed by atoms with van der Waals surface area (Å²) in [7, 11) is 0. The van der Waals surface area contributed by atoms with E-state index in [1.54, 1.807) is 0 Å². The predicted molar refractivity (Wildman–Crippen MR) is 62.6 cm³/mol. The van der Waals surface area contributed by atoms with Gasteiger partial charge in [0, 0.05) is 31.7 Å². The number of carbonyl (C=O) groups excluding carboxylic acids is 1. The number of likely N-dealkylation sites (tertiary alicyclic amines) is 1. The molecule has 3 aliphatic heterocycles. The molecule has 0 aromatic carbocycles. The summed E-state index contributed by atoms with van der Waals surface area (Å²) in [6, 6.07) is 0. The second kappa shape index (κ2) is 3.95. The third-order valence-corrected chi connectivity index (χ3v) is 4.65. The summed E-state index contributed by atoms with van der Waals surface area (Å²) in [5, 5.41) is 0. The molecule has 2 atom stereocenters. The van der Waals surface area contributed by atoms with Gasteiger partial charge in [-0.15, -0.1) is 0 Å². The summed E-state index contributed by atoms with van der Waals surface area (Å²) in [4.78, 5) is 14.6. The molecule has 3 heterocycles. The van der Waals surface area contributed by atoms with Crippen LogP contribution >= 0.6 is 0 Å². The Kier molecular flexibility index (Phi) is 2.67. The molecular weight excluding hydrogens is 218 g/mol. The molecule has 3 rings (SSSR count). The van der Waals surface area contributed by atoms with E-state index < -0.39 is 0 Å². The van der Waals surface area contributed by atoms with Crippen molar-refractivity contribution < 1.29 is 14.3 Å². The van der Waals surface area contributed by atoms with E-state index in [1.165, 1.54) is 0 Å². The van der Waals surface area contributed by atoms with E-state index in [1.807, 2.05) is 11.8 Å². The highest BCUT2D eigenvalue weighted by Crippen LogP contribution is 2.40. The van der Waals surface area contributed by atoms with Gasteiger partial charge in [-0.1, -0.05) is 0 Å². The molecule has 1 amide bonds. The Hall–Kier alpha value is -0.610. The van der Waals surface area contributed by atoms with Gasteiger partial charge in [-0.05, 0) is 26.2 Å². The molecule has 4 nitrogen and oxygen atoms in total. The van der Waals surface area contributed by atoms with Crippen LogP contribution in [0.15, 0.2) is 0 Å².